The summed E-state index contributed by atoms with van der Waals surface area (Å²) >= 11 is 11.9. The lowest BCUT2D eigenvalue weighted by Crippen LogP contribution is -2.42. The molecule has 1 aromatic carbocycles. The van der Waals surface area contributed by atoms with Crippen LogP contribution in [0.1, 0.15) is 51.5 Å². The topological polar surface area (TPSA) is 65.6 Å². The third-order valence-corrected chi connectivity index (χ3v) is 8.56. The summed E-state index contributed by atoms with van der Waals surface area (Å²) in [5.41, 5.74) is 1.39. The van der Waals surface area contributed by atoms with Crippen LogP contribution in [0.15, 0.2) is 30.3 Å². The molecule has 2 N–H and O–H groups in total. The third-order valence-electron chi connectivity index (χ3n) is 8.06. The molecule has 3 fully saturated rings. The summed E-state index contributed by atoms with van der Waals surface area (Å²) in [5, 5.41) is 8.15. The van der Waals surface area contributed by atoms with Gasteiger partial charge in [0.05, 0.1) is 13.2 Å². The van der Waals surface area contributed by atoms with Gasteiger partial charge in [0.1, 0.15) is 11.6 Å². The standard InChI is InChI=1S/C28H39ClN6OS/c1-20-15-21(2)18-35(17-20)25-16-24(34-11-13-36-14-12-34)31-26(32-25)33-27(37)30-19-28(9-3-4-10-28)22-5-7-23(29)8-6-22/h5-8,16,20-21H,3-4,9-15,17-19H2,1-2H3,(H2,30,31,32,33,37)/t20-,21-/m0/s1. The van der Waals surface area contributed by atoms with Crippen LogP contribution in [0.3, 0.4) is 0 Å². The van der Waals surface area contributed by atoms with Gasteiger partial charge in [0.25, 0.3) is 0 Å². The Kier molecular flexibility index (Phi) is 8.37. The first kappa shape index (κ1) is 26.4. The summed E-state index contributed by atoms with van der Waals surface area (Å²) in [6.07, 6.45) is 5.99. The van der Waals surface area contributed by atoms with Gasteiger partial charge in [0.15, 0.2) is 5.11 Å². The van der Waals surface area contributed by atoms with Crippen LogP contribution in [0.5, 0.6) is 0 Å². The molecule has 2 aliphatic heterocycles. The van der Waals surface area contributed by atoms with E-state index in [1.165, 1.54) is 24.8 Å². The fraction of sp³-hybridized carbons (Fsp3) is 0.607. The van der Waals surface area contributed by atoms with Crippen molar-refractivity contribution in [3.8, 4) is 0 Å². The number of aromatic nitrogens is 2. The van der Waals surface area contributed by atoms with Crippen molar-refractivity contribution in [1.82, 2.24) is 15.3 Å². The Bertz CT molecular complexity index is 1060. The number of benzene rings is 1. The van der Waals surface area contributed by atoms with Gasteiger partial charge >= 0.3 is 0 Å². The fourth-order valence-corrected chi connectivity index (χ4v) is 6.55. The molecule has 1 saturated carbocycles. The second kappa shape index (κ2) is 11.7. The van der Waals surface area contributed by atoms with E-state index in [4.69, 9.17) is 38.5 Å². The summed E-state index contributed by atoms with van der Waals surface area (Å²) in [6.45, 7) is 10.5. The van der Waals surface area contributed by atoms with Crippen LogP contribution in [-0.2, 0) is 10.2 Å². The predicted octanol–water partition coefficient (Wildman–Crippen LogP) is 5.25. The zero-order valence-corrected chi connectivity index (χ0v) is 23.6. The number of rotatable bonds is 6. The summed E-state index contributed by atoms with van der Waals surface area (Å²) in [4.78, 5) is 14.5. The predicted molar refractivity (Wildman–Crippen MR) is 156 cm³/mol. The van der Waals surface area contributed by atoms with Crippen LogP contribution < -0.4 is 20.4 Å². The fourth-order valence-electron chi connectivity index (χ4n) is 6.26. The van der Waals surface area contributed by atoms with Crippen LogP contribution in [0.25, 0.3) is 0 Å². The minimum Gasteiger partial charge on any atom is -0.378 e. The van der Waals surface area contributed by atoms with E-state index in [1.54, 1.807) is 0 Å². The van der Waals surface area contributed by atoms with Gasteiger partial charge in [-0.1, -0.05) is 50.4 Å². The first-order chi connectivity index (χ1) is 17.9. The lowest BCUT2D eigenvalue weighted by Gasteiger charge is -2.36. The van der Waals surface area contributed by atoms with E-state index >= 15 is 0 Å². The SMILES string of the molecule is C[C@H]1C[C@H](C)CN(c2cc(N3CCOCC3)nc(NC(=S)NCC3(c4ccc(Cl)cc4)CCCC3)n2)C1. The van der Waals surface area contributed by atoms with E-state index in [0.717, 1.165) is 62.2 Å². The Hall–Kier alpha value is -2.16. The van der Waals surface area contributed by atoms with Gasteiger partial charge in [-0.2, -0.15) is 9.97 Å². The normalized spacial score (nSPS) is 23.6. The van der Waals surface area contributed by atoms with Crippen molar-refractivity contribution in [3.63, 3.8) is 0 Å². The molecule has 7 nitrogen and oxygen atoms in total. The van der Waals surface area contributed by atoms with E-state index in [-0.39, 0.29) is 5.41 Å². The minimum absolute atomic E-state index is 0.0675. The Balaban J connectivity index is 1.32. The first-order valence-electron chi connectivity index (χ1n) is 13.7. The Morgan fingerprint density at radius 3 is 2.30 bits per heavy atom. The van der Waals surface area contributed by atoms with Crippen molar-refractivity contribution in [2.75, 3.05) is 61.1 Å². The molecule has 1 aromatic heterocycles. The zero-order valence-electron chi connectivity index (χ0n) is 22.0. The average Bonchev–Trinajstić information content (AvgIpc) is 3.38. The van der Waals surface area contributed by atoms with Crippen molar-refractivity contribution >= 4 is 46.5 Å². The largest absolute Gasteiger partial charge is 0.378 e. The summed E-state index contributed by atoms with van der Waals surface area (Å²) in [5.74, 6) is 3.72. The van der Waals surface area contributed by atoms with E-state index in [0.29, 0.717) is 36.1 Å². The molecule has 9 heteroatoms. The highest BCUT2D eigenvalue weighted by Gasteiger charge is 2.35. The lowest BCUT2D eigenvalue weighted by molar-refractivity contribution is 0.122. The molecule has 2 saturated heterocycles. The van der Waals surface area contributed by atoms with Crippen LogP contribution in [0.4, 0.5) is 17.6 Å². The maximum Gasteiger partial charge on any atom is 0.232 e. The summed E-state index contributed by atoms with van der Waals surface area (Å²) in [6, 6.07) is 10.4. The van der Waals surface area contributed by atoms with Crippen LogP contribution in [0.2, 0.25) is 5.02 Å². The van der Waals surface area contributed by atoms with Gasteiger partial charge in [-0.15, -0.1) is 0 Å². The van der Waals surface area contributed by atoms with Gasteiger partial charge < -0.3 is 25.2 Å². The number of ether oxygens (including phenoxy) is 1. The van der Waals surface area contributed by atoms with Crippen LogP contribution >= 0.6 is 23.8 Å². The Morgan fingerprint density at radius 1 is 1.03 bits per heavy atom. The monoisotopic (exact) mass is 542 g/mol. The maximum atomic E-state index is 6.16. The van der Waals surface area contributed by atoms with Crippen LogP contribution in [0, 0.1) is 11.8 Å². The van der Waals surface area contributed by atoms with Crippen molar-refractivity contribution in [2.45, 2.75) is 51.4 Å². The molecule has 1 aliphatic carbocycles. The molecule has 3 heterocycles. The number of morpholine rings is 1. The molecular weight excluding hydrogens is 504 g/mol. The molecule has 3 aliphatic rings. The van der Waals surface area contributed by atoms with Gasteiger partial charge in [-0.25, -0.2) is 0 Å². The van der Waals surface area contributed by atoms with Crippen LogP contribution in [-0.4, -0.2) is 61.0 Å². The molecule has 0 amide bonds. The third kappa shape index (κ3) is 6.47. The molecule has 2 aromatic rings. The molecular formula is C28H39ClN6OS. The van der Waals surface area contributed by atoms with E-state index in [9.17, 15) is 0 Å². The molecule has 0 spiro atoms. The highest BCUT2D eigenvalue weighted by molar-refractivity contribution is 7.80. The second-order valence-electron chi connectivity index (χ2n) is 11.2. The zero-order chi connectivity index (χ0) is 25.8. The smallest absolute Gasteiger partial charge is 0.232 e. The summed E-state index contributed by atoms with van der Waals surface area (Å²) < 4.78 is 5.57. The minimum atomic E-state index is 0.0675. The lowest BCUT2D eigenvalue weighted by atomic mass is 9.79. The number of nitrogens with one attached hydrogen (secondary N) is 2. The number of halogens is 1. The van der Waals surface area contributed by atoms with E-state index in [2.05, 4.69) is 52.5 Å². The first-order valence-corrected chi connectivity index (χ1v) is 14.5. The van der Waals surface area contributed by atoms with E-state index < -0.39 is 0 Å². The molecule has 5 rings (SSSR count). The van der Waals surface area contributed by atoms with Crippen molar-refractivity contribution in [2.24, 2.45) is 11.8 Å². The van der Waals surface area contributed by atoms with Gasteiger partial charge in [-0.3, -0.25) is 0 Å². The molecule has 0 radical (unpaired) electrons. The molecule has 200 valence electrons. The molecule has 2 atom stereocenters. The van der Waals surface area contributed by atoms with Gasteiger partial charge in [-0.05, 0) is 61.0 Å². The van der Waals surface area contributed by atoms with Gasteiger partial charge in [0.2, 0.25) is 5.95 Å². The second-order valence-corrected chi connectivity index (χ2v) is 12.0. The number of nitrogens with zero attached hydrogens (tertiary/aromatic N) is 4. The van der Waals surface area contributed by atoms with Gasteiger partial charge in [0, 0.05) is 49.2 Å². The quantitative estimate of drug-likeness (QED) is 0.480. The van der Waals surface area contributed by atoms with Crippen molar-refractivity contribution in [3.05, 3.63) is 40.9 Å². The number of hydrogen-bond donors (Lipinski definition) is 2. The average molecular weight is 543 g/mol. The molecule has 0 unspecified atom stereocenters. The molecule has 0 bridgehead atoms. The van der Waals surface area contributed by atoms with Crippen molar-refractivity contribution in [1.29, 1.82) is 0 Å². The number of anilines is 3. The van der Waals surface area contributed by atoms with E-state index in [1.807, 2.05) is 12.1 Å². The maximum absolute atomic E-state index is 6.16. The van der Waals surface area contributed by atoms with Crippen molar-refractivity contribution < 1.29 is 4.74 Å². The molecule has 37 heavy (non-hydrogen) atoms. The summed E-state index contributed by atoms with van der Waals surface area (Å²) in [7, 11) is 0. The Morgan fingerprint density at radius 2 is 1.65 bits per heavy atom. The number of hydrogen-bond acceptors (Lipinski definition) is 6. The highest BCUT2D eigenvalue weighted by atomic mass is 35.5. The number of piperidine rings is 1. The highest BCUT2D eigenvalue weighted by Crippen LogP contribution is 2.41. The Labute approximate surface area is 231 Å². The number of thiocarbonyl (C=S) groups is 1.